The van der Waals surface area contributed by atoms with E-state index in [1.807, 2.05) is 0 Å². The fourth-order valence-electron chi connectivity index (χ4n) is 2.96. The van der Waals surface area contributed by atoms with Crippen molar-refractivity contribution >= 4 is 28.6 Å². The van der Waals surface area contributed by atoms with Crippen molar-refractivity contribution in [3.63, 3.8) is 0 Å². The summed E-state index contributed by atoms with van der Waals surface area (Å²) in [6.45, 7) is 0. The number of fused-ring (bicyclic) bond motifs is 1. The number of benzene rings is 1. The first kappa shape index (κ1) is 18.3. The number of aliphatic hydroxyl groups excluding tert-OH is 1. The van der Waals surface area contributed by atoms with Gasteiger partial charge in [-0.3, -0.25) is 9.59 Å². The van der Waals surface area contributed by atoms with E-state index in [9.17, 15) is 27.9 Å². The molecule has 0 spiro atoms. The molecule has 0 bridgehead atoms. The molecule has 0 radical (unpaired) electrons. The summed E-state index contributed by atoms with van der Waals surface area (Å²) in [4.78, 5) is 24.9. The van der Waals surface area contributed by atoms with E-state index in [1.165, 1.54) is 18.2 Å². The average molecular weight is 378 g/mol. The van der Waals surface area contributed by atoms with Gasteiger partial charge in [-0.25, -0.2) is 0 Å². The zero-order chi connectivity index (χ0) is 19.1. The lowest BCUT2D eigenvalue weighted by atomic mass is 9.84. The first-order chi connectivity index (χ1) is 12.2. The van der Waals surface area contributed by atoms with Crippen LogP contribution in [0.3, 0.4) is 0 Å². The lowest BCUT2D eigenvalue weighted by Crippen LogP contribution is -2.22. The van der Waals surface area contributed by atoms with Crippen molar-refractivity contribution in [3.8, 4) is 0 Å². The number of Topliss-reactive ketones (excluding diaryl/α,β-unsaturated/α-hetero) is 2. The van der Waals surface area contributed by atoms with Crippen LogP contribution in [0.2, 0.25) is 0 Å². The van der Waals surface area contributed by atoms with Gasteiger partial charge in [-0.05, 0) is 18.4 Å². The molecule has 0 unspecified atom stereocenters. The molecule has 0 saturated carbocycles. The molecule has 26 heavy (non-hydrogen) atoms. The highest BCUT2D eigenvalue weighted by atomic mass is 32.1. The highest BCUT2D eigenvalue weighted by molar-refractivity contribution is 7.80. The molecule has 0 aliphatic heterocycles. The Morgan fingerprint density at radius 2 is 1.62 bits per heavy atom. The summed E-state index contributed by atoms with van der Waals surface area (Å²) in [5.74, 6) is -1.69. The predicted molar refractivity (Wildman–Crippen MR) is 93.4 cm³/mol. The van der Waals surface area contributed by atoms with E-state index in [1.54, 1.807) is 12.1 Å². The van der Waals surface area contributed by atoms with Crippen molar-refractivity contribution in [1.29, 1.82) is 0 Å². The number of carbonyl (C=O) groups excluding carboxylic acids is 2. The summed E-state index contributed by atoms with van der Waals surface area (Å²) in [6.07, 6.45) is -2.36. The van der Waals surface area contributed by atoms with Crippen molar-refractivity contribution in [2.24, 2.45) is 0 Å². The van der Waals surface area contributed by atoms with Gasteiger partial charge >= 0.3 is 6.18 Å². The van der Waals surface area contributed by atoms with E-state index in [4.69, 9.17) is 12.2 Å². The van der Waals surface area contributed by atoms with Crippen LogP contribution in [-0.2, 0) is 0 Å². The Bertz CT molecular complexity index is 920. The van der Waals surface area contributed by atoms with Crippen molar-refractivity contribution in [2.75, 3.05) is 0 Å². The summed E-state index contributed by atoms with van der Waals surface area (Å²) >= 11 is 5.05. The summed E-state index contributed by atoms with van der Waals surface area (Å²) in [5, 5.41) is 10.1. The zero-order valence-corrected chi connectivity index (χ0v) is 14.2. The number of alkyl halides is 3. The molecule has 1 N–H and O–H groups in total. The summed E-state index contributed by atoms with van der Waals surface area (Å²) in [6, 6.07) is 6.18. The first-order valence-electron chi connectivity index (χ1n) is 7.81. The number of hydrogen-bond acceptors (Lipinski definition) is 4. The SMILES string of the molecule is O=C1C(O)=C(CCC2=CC=C(C(F)(F)F)CC2=S)C(=O)c2ccccc21. The molecule has 0 amide bonds. The van der Waals surface area contributed by atoms with Crippen molar-refractivity contribution < 1.29 is 27.9 Å². The average Bonchev–Trinajstić information content (AvgIpc) is 2.60. The van der Waals surface area contributed by atoms with Gasteiger partial charge in [0.15, 0.2) is 11.5 Å². The first-order valence-corrected chi connectivity index (χ1v) is 8.21. The third-order valence-electron chi connectivity index (χ3n) is 4.39. The van der Waals surface area contributed by atoms with Crippen LogP contribution in [0.1, 0.15) is 40.0 Å². The van der Waals surface area contributed by atoms with Crippen LogP contribution in [0.4, 0.5) is 13.2 Å². The predicted octanol–water partition coefficient (Wildman–Crippen LogP) is 4.85. The lowest BCUT2D eigenvalue weighted by Gasteiger charge is -2.20. The molecule has 7 heteroatoms. The van der Waals surface area contributed by atoms with Crippen LogP contribution in [0.25, 0.3) is 0 Å². The number of carbonyl (C=O) groups is 2. The van der Waals surface area contributed by atoms with E-state index in [2.05, 4.69) is 0 Å². The smallest absolute Gasteiger partial charge is 0.413 e. The second kappa shape index (κ2) is 6.64. The molecule has 0 heterocycles. The molecule has 134 valence electrons. The van der Waals surface area contributed by atoms with Gasteiger partial charge in [0.2, 0.25) is 5.78 Å². The molecule has 1 aromatic carbocycles. The molecule has 0 aromatic heterocycles. The molecule has 2 aliphatic carbocycles. The number of hydrogen-bond donors (Lipinski definition) is 1. The standard InChI is InChI=1S/C19H13F3O3S/c20-19(21,22)11-7-5-10(15(26)9-11)6-8-14-16(23)12-3-1-2-4-13(12)17(24)18(14)25/h1-5,7,25H,6,8-9H2. The minimum Gasteiger partial charge on any atom is -0.504 e. The van der Waals surface area contributed by atoms with Gasteiger partial charge in [0.1, 0.15) is 0 Å². The van der Waals surface area contributed by atoms with E-state index in [-0.39, 0.29) is 40.8 Å². The van der Waals surface area contributed by atoms with Crippen LogP contribution >= 0.6 is 12.2 Å². The second-order valence-corrected chi connectivity index (χ2v) is 6.51. The molecule has 2 aliphatic rings. The van der Waals surface area contributed by atoms with Crippen molar-refractivity contribution in [2.45, 2.75) is 25.4 Å². The number of allylic oxidation sites excluding steroid dienone is 6. The number of ketones is 2. The third-order valence-corrected chi connectivity index (χ3v) is 4.80. The van der Waals surface area contributed by atoms with Crippen LogP contribution in [-0.4, -0.2) is 27.7 Å². The topological polar surface area (TPSA) is 54.4 Å². The molecule has 3 rings (SSSR count). The summed E-state index contributed by atoms with van der Waals surface area (Å²) < 4.78 is 38.2. The number of thiocarbonyl (C=S) groups is 1. The Morgan fingerprint density at radius 3 is 2.19 bits per heavy atom. The van der Waals surface area contributed by atoms with Gasteiger partial charge in [0.25, 0.3) is 0 Å². The highest BCUT2D eigenvalue weighted by Crippen LogP contribution is 2.34. The van der Waals surface area contributed by atoms with Crippen LogP contribution in [0, 0.1) is 0 Å². The van der Waals surface area contributed by atoms with Gasteiger partial charge in [0.05, 0.1) is 0 Å². The molecule has 1 aromatic rings. The van der Waals surface area contributed by atoms with E-state index < -0.39 is 29.1 Å². The number of rotatable bonds is 3. The molecular formula is C19H13F3O3S. The minimum absolute atomic E-state index is 0.0197. The number of halogens is 3. The Morgan fingerprint density at radius 1 is 1.00 bits per heavy atom. The normalized spacial score (nSPS) is 17.9. The lowest BCUT2D eigenvalue weighted by molar-refractivity contribution is -0.0925. The molecule has 0 atom stereocenters. The Kier molecular flexibility index (Phi) is 4.66. The van der Waals surface area contributed by atoms with Crippen molar-refractivity contribution in [1.82, 2.24) is 0 Å². The van der Waals surface area contributed by atoms with E-state index in [0.717, 1.165) is 6.08 Å². The van der Waals surface area contributed by atoms with E-state index in [0.29, 0.717) is 5.57 Å². The van der Waals surface area contributed by atoms with Gasteiger partial charge < -0.3 is 5.11 Å². The largest absolute Gasteiger partial charge is 0.504 e. The fraction of sp³-hybridized carbons (Fsp3) is 0.211. The molecule has 3 nitrogen and oxygen atoms in total. The van der Waals surface area contributed by atoms with Gasteiger partial charge in [0, 0.05) is 33.6 Å². The minimum atomic E-state index is -4.43. The zero-order valence-electron chi connectivity index (χ0n) is 13.4. The Balaban J connectivity index is 1.82. The third kappa shape index (κ3) is 3.26. The molecule has 0 fully saturated rings. The molecule has 0 saturated heterocycles. The highest BCUT2D eigenvalue weighted by Gasteiger charge is 2.36. The summed E-state index contributed by atoms with van der Waals surface area (Å²) in [5.41, 5.74) is 0.0928. The quantitative estimate of drug-likeness (QED) is 0.765. The monoisotopic (exact) mass is 378 g/mol. The fourth-order valence-corrected chi connectivity index (χ4v) is 3.29. The summed E-state index contributed by atoms with van der Waals surface area (Å²) in [7, 11) is 0. The van der Waals surface area contributed by atoms with Crippen molar-refractivity contribution in [3.05, 3.63) is 70.0 Å². The van der Waals surface area contributed by atoms with Crippen LogP contribution in [0.15, 0.2) is 58.9 Å². The maximum Gasteiger partial charge on any atom is 0.413 e. The Labute approximate surface area is 152 Å². The maximum absolute atomic E-state index is 12.7. The Hall–Kier alpha value is -2.54. The van der Waals surface area contributed by atoms with Gasteiger partial charge in [-0.2, -0.15) is 13.2 Å². The molecular weight excluding hydrogens is 365 g/mol. The van der Waals surface area contributed by atoms with Crippen LogP contribution < -0.4 is 0 Å². The van der Waals surface area contributed by atoms with Gasteiger partial charge in [-0.15, -0.1) is 0 Å². The second-order valence-electron chi connectivity index (χ2n) is 6.01. The maximum atomic E-state index is 12.7. The van der Waals surface area contributed by atoms with E-state index >= 15 is 0 Å². The van der Waals surface area contributed by atoms with Gasteiger partial charge in [-0.1, -0.05) is 48.6 Å². The van der Waals surface area contributed by atoms with Crippen LogP contribution in [0.5, 0.6) is 0 Å². The number of aliphatic hydroxyl groups is 1.